The number of aromatic amines is 1. The Morgan fingerprint density at radius 2 is 2.11 bits per heavy atom. The predicted octanol–water partition coefficient (Wildman–Crippen LogP) is 3.37. The molecular weight excluding hydrogens is 343 g/mol. The molecule has 1 saturated heterocycles. The number of fused-ring (bicyclic) bond motifs is 2. The van der Waals surface area contributed by atoms with Crippen LogP contribution in [0, 0.1) is 11.7 Å². The number of hydrogen-bond acceptors (Lipinski definition) is 3. The minimum absolute atomic E-state index is 0.0672. The van der Waals surface area contributed by atoms with Crippen LogP contribution < -0.4 is 10.6 Å². The second-order valence-electron chi connectivity index (χ2n) is 7.61. The normalized spacial score (nSPS) is 23.8. The molecule has 1 aliphatic heterocycles. The highest BCUT2D eigenvalue weighted by molar-refractivity contribution is 6.01. The highest BCUT2D eigenvalue weighted by Gasteiger charge is 2.60. The third kappa shape index (κ3) is 3.00. The van der Waals surface area contributed by atoms with Gasteiger partial charge in [0.25, 0.3) is 0 Å². The van der Waals surface area contributed by atoms with Gasteiger partial charge in [-0.2, -0.15) is 0 Å². The van der Waals surface area contributed by atoms with Crippen LogP contribution in [0.15, 0.2) is 42.5 Å². The molecule has 2 heterocycles. The van der Waals surface area contributed by atoms with Gasteiger partial charge in [0.1, 0.15) is 17.2 Å². The van der Waals surface area contributed by atoms with E-state index in [2.05, 4.69) is 20.6 Å². The summed E-state index contributed by atoms with van der Waals surface area (Å²) in [5.74, 6) is 1.12. The molecule has 2 fully saturated rings. The number of hydrogen-bond donors (Lipinski definition) is 3. The van der Waals surface area contributed by atoms with Crippen molar-refractivity contribution in [3.63, 3.8) is 0 Å². The maximum absolute atomic E-state index is 13.0. The number of nitrogens with one attached hydrogen (secondary N) is 3. The SMILES string of the molecule is O=C(Nc1ccc2nc(Cc3ccc(F)cc3)[nH]c2c1)[C@]12C[C@H]1CCCN2. The van der Waals surface area contributed by atoms with Gasteiger partial charge < -0.3 is 15.6 Å². The maximum atomic E-state index is 13.0. The Balaban J connectivity index is 1.33. The van der Waals surface area contributed by atoms with Crippen LogP contribution >= 0.6 is 0 Å². The molecule has 0 bridgehead atoms. The van der Waals surface area contributed by atoms with Crippen LogP contribution in [0.3, 0.4) is 0 Å². The van der Waals surface area contributed by atoms with Gasteiger partial charge >= 0.3 is 0 Å². The van der Waals surface area contributed by atoms with Gasteiger partial charge in [0.2, 0.25) is 5.91 Å². The number of nitrogens with zero attached hydrogens (tertiary/aromatic N) is 1. The number of rotatable bonds is 4. The molecule has 5 nitrogen and oxygen atoms in total. The summed E-state index contributed by atoms with van der Waals surface area (Å²) < 4.78 is 13.0. The maximum Gasteiger partial charge on any atom is 0.244 e. The van der Waals surface area contributed by atoms with Crippen molar-refractivity contribution in [2.75, 3.05) is 11.9 Å². The molecule has 6 heteroatoms. The van der Waals surface area contributed by atoms with E-state index in [1.54, 1.807) is 12.1 Å². The second kappa shape index (κ2) is 6.16. The number of halogens is 1. The van der Waals surface area contributed by atoms with E-state index in [1.807, 2.05) is 18.2 Å². The lowest BCUT2D eigenvalue weighted by molar-refractivity contribution is -0.119. The fourth-order valence-corrected chi connectivity index (χ4v) is 4.18. The van der Waals surface area contributed by atoms with Gasteiger partial charge in [-0.15, -0.1) is 0 Å². The van der Waals surface area contributed by atoms with Gasteiger partial charge in [0, 0.05) is 12.1 Å². The summed E-state index contributed by atoms with van der Waals surface area (Å²) in [6.45, 7) is 0.913. The number of anilines is 1. The monoisotopic (exact) mass is 364 g/mol. The first-order valence-corrected chi connectivity index (χ1v) is 9.42. The Kier molecular flexibility index (Phi) is 3.75. The molecular formula is C21H21FN4O. The third-order valence-electron chi connectivity index (χ3n) is 5.75. The van der Waals surface area contributed by atoms with Crippen LogP contribution in [0.2, 0.25) is 0 Å². The van der Waals surface area contributed by atoms with Crippen molar-refractivity contribution in [3.8, 4) is 0 Å². The number of piperidine rings is 1. The van der Waals surface area contributed by atoms with Crippen molar-refractivity contribution >= 4 is 22.6 Å². The number of benzene rings is 2. The molecule has 0 unspecified atom stereocenters. The first-order chi connectivity index (χ1) is 13.1. The number of aromatic nitrogens is 2. The molecule has 1 aliphatic carbocycles. The molecule has 5 rings (SSSR count). The molecule has 2 atom stereocenters. The van der Waals surface area contributed by atoms with E-state index in [0.717, 1.165) is 53.9 Å². The Hall–Kier alpha value is -2.73. The summed E-state index contributed by atoms with van der Waals surface area (Å²) in [6, 6.07) is 12.1. The van der Waals surface area contributed by atoms with E-state index < -0.39 is 0 Å². The van der Waals surface area contributed by atoms with Gasteiger partial charge in [0.05, 0.1) is 11.0 Å². The molecule has 1 amide bonds. The zero-order chi connectivity index (χ0) is 18.4. The first-order valence-electron chi connectivity index (χ1n) is 9.42. The number of amides is 1. The molecule has 3 N–H and O–H groups in total. The van der Waals surface area contributed by atoms with Crippen molar-refractivity contribution in [2.24, 2.45) is 5.92 Å². The van der Waals surface area contributed by atoms with Gasteiger partial charge in [-0.3, -0.25) is 4.79 Å². The summed E-state index contributed by atoms with van der Waals surface area (Å²) in [5.41, 5.74) is 3.15. The molecule has 0 spiro atoms. The largest absolute Gasteiger partial charge is 0.342 e. The highest BCUT2D eigenvalue weighted by atomic mass is 19.1. The van der Waals surface area contributed by atoms with Crippen molar-refractivity contribution in [1.29, 1.82) is 0 Å². The number of H-pyrrole nitrogens is 1. The molecule has 2 aliphatic rings. The zero-order valence-corrected chi connectivity index (χ0v) is 14.9. The molecule has 138 valence electrons. The van der Waals surface area contributed by atoms with E-state index in [9.17, 15) is 9.18 Å². The molecule has 3 aromatic rings. The lowest BCUT2D eigenvalue weighted by Crippen LogP contribution is -2.47. The molecule has 2 aromatic carbocycles. The Bertz CT molecular complexity index is 1010. The first kappa shape index (κ1) is 16.4. The minimum atomic E-state index is -0.352. The van der Waals surface area contributed by atoms with Crippen molar-refractivity contribution < 1.29 is 9.18 Å². The highest BCUT2D eigenvalue weighted by Crippen LogP contribution is 2.49. The van der Waals surface area contributed by atoms with Gasteiger partial charge in [-0.1, -0.05) is 12.1 Å². The summed E-state index contributed by atoms with van der Waals surface area (Å²) in [6.07, 6.45) is 3.82. The van der Waals surface area contributed by atoms with E-state index in [1.165, 1.54) is 12.1 Å². The standard InChI is InChI=1S/C21H21FN4O/c22-15-5-3-13(4-6-15)10-19-25-17-8-7-16(11-18(17)26-19)24-20(27)21-12-14(21)2-1-9-23-21/h3-8,11,14,23H,1-2,9-10,12H2,(H,24,27)(H,25,26)/t14-,21+/m1/s1. The Morgan fingerprint density at radius 3 is 2.93 bits per heavy atom. The van der Waals surface area contributed by atoms with Crippen LogP contribution in [0.5, 0.6) is 0 Å². The molecule has 27 heavy (non-hydrogen) atoms. The molecule has 1 aromatic heterocycles. The quantitative estimate of drug-likeness (QED) is 0.665. The van der Waals surface area contributed by atoms with E-state index in [4.69, 9.17) is 0 Å². The topological polar surface area (TPSA) is 69.8 Å². The predicted molar refractivity (Wildman–Crippen MR) is 102 cm³/mol. The lowest BCUT2D eigenvalue weighted by Gasteiger charge is -2.23. The van der Waals surface area contributed by atoms with Crippen LogP contribution in [0.4, 0.5) is 10.1 Å². The Labute approximate surface area is 156 Å². The van der Waals surface area contributed by atoms with Gasteiger partial charge in [-0.05, 0) is 67.6 Å². The van der Waals surface area contributed by atoms with Crippen LogP contribution in [0.1, 0.15) is 30.7 Å². The average molecular weight is 364 g/mol. The van der Waals surface area contributed by atoms with Crippen LogP contribution in [-0.2, 0) is 11.2 Å². The fraction of sp³-hybridized carbons (Fsp3) is 0.333. The number of imidazole rings is 1. The summed E-state index contributed by atoms with van der Waals surface area (Å²) >= 11 is 0. The van der Waals surface area contributed by atoms with Crippen molar-refractivity contribution in [2.45, 2.75) is 31.2 Å². The minimum Gasteiger partial charge on any atom is -0.342 e. The smallest absolute Gasteiger partial charge is 0.244 e. The van der Waals surface area contributed by atoms with E-state index in [-0.39, 0.29) is 17.3 Å². The Morgan fingerprint density at radius 1 is 1.26 bits per heavy atom. The van der Waals surface area contributed by atoms with Gasteiger partial charge in [0.15, 0.2) is 0 Å². The average Bonchev–Trinajstić information content (AvgIpc) is 3.30. The summed E-state index contributed by atoms with van der Waals surface area (Å²) in [7, 11) is 0. The number of carbonyl (C=O) groups excluding carboxylic acids is 1. The van der Waals surface area contributed by atoms with E-state index in [0.29, 0.717) is 12.3 Å². The second-order valence-corrected chi connectivity index (χ2v) is 7.61. The summed E-state index contributed by atoms with van der Waals surface area (Å²) in [5, 5.41) is 6.46. The fourth-order valence-electron chi connectivity index (χ4n) is 4.18. The van der Waals surface area contributed by atoms with Crippen LogP contribution in [0.25, 0.3) is 11.0 Å². The lowest BCUT2D eigenvalue weighted by atomic mass is 10.0. The zero-order valence-electron chi connectivity index (χ0n) is 14.9. The van der Waals surface area contributed by atoms with E-state index >= 15 is 0 Å². The molecule has 0 radical (unpaired) electrons. The molecule has 1 saturated carbocycles. The third-order valence-corrected chi connectivity index (χ3v) is 5.75. The van der Waals surface area contributed by atoms with Crippen molar-refractivity contribution in [3.05, 3.63) is 59.7 Å². The summed E-state index contributed by atoms with van der Waals surface area (Å²) in [4.78, 5) is 20.6. The van der Waals surface area contributed by atoms with Gasteiger partial charge in [-0.25, -0.2) is 9.37 Å². The number of carbonyl (C=O) groups is 1. The van der Waals surface area contributed by atoms with Crippen molar-refractivity contribution in [1.82, 2.24) is 15.3 Å². The van der Waals surface area contributed by atoms with Crippen LogP contribution in [-0.4, -0.2) is 28.0 Å².